The van der Waals surface area contributed by atoms with Gasteiger partial charge in [0.2, 0.25) is 0 Å². The van der Waals surface area contributed by atoms with Crippen molar-refractivity contribution in [3.63, 3.8) is 0 Å². The summed E-state index contributed by atoms with van der Waals surface area (Å²) in [6.07, 6.45) is 2.31. The average Bonchev–Trinajstić information content (AvgIpc) is 2.99. The van der Waals surface area contributed by atoms with Crippen LogP contribution in [0.25, 0.3) is 0 Å². The zero-order valence-corrected chi connectivity index (χ0v) is 20.5. The van der Waals surface area contributed by atoms with Gasteiger partial charge in [-0.2, -0.15) is 0 Å². The van der Waals surface area contributed by atoms with E-state index in [2.05, 4.69) is 46.2 Å². The first kappa shape index (κ1) is 26.7. The van der Waals surface area contributed by atoms with Gasteiger partial charge in [0, 0.05) is 65.7 Å². The van der Waals surface area contributed by atoms with Gasteiger partial charge in [0.15, 0.2) is 0 Å². The molecule has 0 radical (unpaired) electrons. The van der Waals surface area contributed by atoms with E-state index in [1.165, 1.54) is 20.9 Å². The number of carboxylic acids is 3. The second kappa shape index (κ2) is 12.7. The molecule has 0 bridgehead atoms. The van der Waals surface area contributed by atoms with Crippen LogP contribution in [0.15, 0.2) is 64.4 Å². The van der Waals surface area contributed by atoms with E-state index in [9.17, 15) is 14.4 Å². The van der Waals surface area contributed by atoms with Crippen molar-refractivity contribution < 1.29 is 29.7 Å². The summed E-state index contributed by atoms with van der Waals surface area (Å²) in [5, 5.41) is 25.3. The van der Waals surface area contributed by atoms with Crippen LogP contribution >= 0.6 is 23.4 Å². The van der Waals surface area contributed by atoms with Gasteiger partial charge in [-0.1, -0.05) is 41.6 Å². The molecule has 0 aromatic heterocycles. The maximum absolute atomic E-state index is 10.8. The van der Waals surface area contributed by atoms with Crippen LogP contribution in [0.2, 0.25) is 5.02 Å². The van der Waals surface area contributed by atoms with Crippen molar-refractivity contribution in [3.05, 3.63) is 70.8 Å². The van der Waals surface area contributed by atoms with Crippen molar-refractivity contribution in [2.24, 2.45) is 0 Å². The third-order valence-corrected chi connectivity index (χ3v) is 7.24. The lowest BCUT2D eigenvalue weighted by Gasteiger charge is -2.39. The molecule has 1 unspecified atom stereocenters. The van der Waals surface area contributed by atoms with Gasteiger partial charge in [0.25, 0.3) is 0 Å². The number of halogens is 1. The van der Waals surface area contributed by atoms with Crippen molar-refractivity contribution in [2.75, 3.05) is 32.7 Å². The highest BCUT2D eigenvalue weighted by molar-refractivity contribution is 7.99. The molecule has 8 nitrogen and oxygen atoms in total. The Morgan fingerprint density at radius 1 is 0.943 bits per heavy atom. The summed E-state index contributed by atoms with van der Waals surface area (Å²) in [6, 6.07) is 15.2. The zero-order chi connectivity index (χ0) is 25.4. The van der Waals surface area contributed by atoms with E-state index in [1.807, 2.05) is 17.8 Å². The van der Waals surface area contributed by atoms with Crippen LogP contribution in [0.4, 0.5) is 0 Å². The molecule has 2 aromatic rings. The molecule has 0 saturated carbocycles. The average molecular weight is 519 g/mol. The van der Waals surface area contributed by atoms with Gasteiger partial charge >= 0.3 is 17.9 Å². The molecule has 0 aliphatic carbocycles. The fourth-order valence-electron chi connectivity index (χ4n) is 4.10. The maximum atomic E-state index is 10.8. The van der Waals surface area contributed by atoms with E-state index in [-0.39, 0.29) is 6.42 Å². The predicted octanol–water partition coefficient (Wildman–Crippen LogP) is 3.89. The molecule has 186 valence electrons. The lowest BCUT2D eigenvalue weighted by atomic mass is 9.96. The Bertz CT molecular complexity index is 1090. The normalized spacial score (nSPS) is 18.0. The maximum Gasteiger partial charge on any atom is 0.328 e. The highest BCUT2D eigenvalue weighted by Gasteiger charge is 2.30. The molecule has 10 heteroatoms. The summed E-state index contributed by atoms with van der Waals surface area (Å²) in [7, 11) is 0. The molecule has 4 rings (SSSR count). The van der Waals surface area contributed by atoms with Gasteiger partial charge in [-0.05, 0) is 41.8 Å². The minimum Gasteiger partial charge on any atom is -0.481 e. The van der Waals surface area contributed by atoms with Crippen LogP contribution in [-0.4, -0.2) is 75.8 Å². The van der Waals surface area contributed by atoms with Crippen LogP contribution in [-0.2, 0) is 20.8 Å². The Morgan fingerprint density at radius 2 is 1.60 bits per heavy atom. The van der Waals surface area contributed by atoms with Crippen molar-refractivity contribution in [1.29, 1.82) is 0 Å². The number of nitrogens with zero attached hydrogens (tertiary/aromatic N) is 2. The Hall–Kier alpha value is -2.85. The topological polar surface area (TPSA) is 118 Å². The van der Waals surface area contributed by atoms with Gasteiger partial charge in [-0.15, -0.1) is 0 Å². The number of rotatable bonds is 6. The van der Waals surface area contributed by atoms with E-state index < -0.39 is 17.9 Å². The molecular formula is C25H27ClN2O6S. The Labute approximate surface area is 212 Å². The standard InChI is InChI=1S/C21H23ClN2O2S.C4H4O4/c22-16-5-6-20-17(14-16)18(13-15-3-1-2-4-19(15)27-20)24-11-9-23(10-12-24)8-7-21(25)26;5-3(6)1-2-4(7)8/h1-6,14,18H,7-13H2,(H,25,26);1-2H,(H,5,6)(H,7,8)/b;2-1-. The van der Waals surface area contributed by atoms with Crippen LogP contribution in [0.3, 0.4) is 0 Å². The summed E-state index contributed by atoms with van der Waals surface area (Å²) in [5.41, 5.74) is 2.69. The van der Waals surface area contributed by atoms with Crippen molar-refractivity contribution in [3.8, 4) is 0 Å². The molecular weight excluding hydrogens is 492 g/mol. The van der Waals surface area contributed by atoms with E-state index >= 15 is 0 Å². The molecule has 35 heavy (non-hydrogen) atoms. The fourth-order valence-corrected chi connectivity index (χ4v) is 5.40. The molecule has 1 saturated heterocycles. The quantitative estimate of drug-likeness (QED) is 0.489. The molecule has 0 spiro atoms. The van der Waals surface area contributed by atoms with Crippen molar-refractivity contribution >= 4 is 41.3 Å². The zero-order valence-electron chi connectivity index (χ0n) is 19.0. The first-order valence-corrected chi connectivity index (χ1v) is 12.3. The van der Waals surface area contributed by atoms with Crippen LogP contribution < -0.4 is 0 Å². The summed E-state index contributed by atoms with van der Waals surface area (Å²) < 4.78 is 0. The fraction of sp³-hybridized carbons (Fsp3) is 0.320. The number of benzene rings is 2. The SMILES string of the molecule is O=C(O)/C=C\C(=O)O.O=C(O)CCN1CCN(C2Cc3ccccc3Sc3ccc(Cl)cc32)CC1. The lowest BCUT2D eigenvalue weighted by molar-refractivity contribution is -0.137. The minimum absolute atomic E-state index is 0.214. The predicted molar refractivity (Wildman–Crippen MR) is 133 cm³/mol. The Morgan fingerprint density at radius 3 is 2.23 bits per heavy atom. The number of carboxylic acid groups (broad SMARTS) is 3. The molecule has 1 atom stereocenters. The van der Waals surface area contributed by atoms with Gasteiger partial charge in [-0.25, -0.2) is 9.59 Å². The number of aliphatic carboxylic acids is 3. The highest BCUT2D eigenvalue weighted by atomic mass is 35.5. The molecule has 2 aliphatic rings. The van der Waals surface area contributed by atoms with Crippen molar-refractivity contribution in [2.45, 2.75) is 28.7 Å². The molecule has 3 N–H and O–H groups in total. The third-order valence-electron chi connectivity index (χ3n) is 5.79. The molecule has 1 fully saturated rings. The minimum atomic E-state index is -1.26. The van der Waals surface area contributed by atoms with E-state index in [4.69, 9.17) is 26.9 Å². The van der Waals surface area contributed by atoms with Gasteiger partial charge in [0.05, 0.1) is 6.42 Å². The monoisotopic (exact) mass is 518 g/mol. The third kappa shape index (κ3) is 8.10. The van der Waals surface area contributed by atoms with Crippen LogP contribution in [0.5, 0.6) is 0 Å². The first-order chi connectivity index (χ1) is 16.7. The molecule has 2 heterocycles. The first-order valence-electron chi connectivity index (χ1n) is 11.1. The second-order valence-electron chi connectivity index (χ2n) is 8.14. The van der Waals surface area contributed by atoms with E-state index in [0.717, 1.165) is 37.6 Å². The molecule has 2 aliphatic heterocycles. The molecule has 2 aromatic carbocycles. The van der Waals surface area contributed by atoms with Crippen LogP contribution in [0.1, 0.15) is 23.6 Å². The summed E-state index contributed by atoms with van der Waals surface area (Å²) in [6.45, 7) is 4.35. The van der Waals surface area contributed by atoms with Crippen LogP contribution in [0, 0.1) is 0 Å². The summed E-state index contributed by atoms with van der Waals surface area (Å²) in [5.74, 6) is -3.24. The number of hydrogen-bond acceptors (Lipinski definition) is 6. The summed E-state index contributed by atoms with van der Waals surface area (Å²) in [4.78, 5) is 37.3. The highest BCUT2D eigenvalue weighted by Crippen LogP contribution is 2.43. The van der Waals surface area contributed by atoms with E-state index in [1.54, 1.807) is 0 Å². The van der Waals surface area contributed by atoms with Crippen molar-refractivity contribution in [1.82, 2.24) is 9.80 Å². The number of hydrogen-bond donors (Lipinski definition) is 3. The Kier molecular flexibility index (Phi) is 9.73. The van der Waals surface area contributed by atoms with Gasteiger partial charge < -0.3 is 20.2 Å². The number of carbonyl (C=O) groups is 3. The van der Waals surface area contributed by atoms with Gasteiger partial charge in [-0.3, -0.25) is 9.69 Å². The van der Waals surface area contributed by atoms with E-state index in [0.29, 0.717) is 24.7 Å². The largest absolute Gasteiger partial charge is 0.481 e. The smallest absolute Gasteiger partial charge is 0.328 e. The summed E-state index contributed by atoms with van der Waals surface area (Å²) >= 11 is 8.18. The second-order valence-corrected chi connectivity index (χ2v) is 9.66. The Balaban J connectivity index is 0.000000371. The number of fused-ring (bicyclic) bond motifs is 2. The lowest BCUT2D eigenvalue weighted by Crippen LogP contribution is -2.48. The molecule has 0 amide bonds. The number of piperazine rings is 1. The van der Waals surface area contributed by atoms with Gasteiger partial charge in [0.1, 0.15) is 0 Å².